The Kier molecular flexibility index (Phi) is 7.90. The lowest BCUT2D eigenvalue weighted by Crippen LogP contribution is -2.50. The topological polar surface area (TPSA) is 66.6 Å². The van der Waals surface area contributed by atoms with Gasteiger partial charge in [-0.2, -0.15) is 0 Å². The number of amides is 2. The third-order valence-corrected chi connectivity index (χ3v) is 6.04. The molecule has 1 aromatic carbocycles. The van der Waals surface area contributed by atoms with E-state index in [1.54, 1.807) is 0 Å². The van der Waals surface area contributed by atoms with Gasteiger partial charge in [0.15, 0.2) is 0 Å². The molecule has 2 aliphatic heterocycles. The number of rotatable bonds is 3. The Labute approximate surface area is 175 Å². The maximum Gasteiger partial charge on any atom is 0.253 e. The SMILES string of the molecule is Cc1cc(C)cc(C(=O)N2CCCC(C(=O)N3CCCC(C(C)N)C3)C2)c1.Cl. The first kappa shape index (κ1) is 22.7. The van der Waals surface area contributed by atoms with Crippen LogP contribution in [0.15, 0.2) is 18.2 Å². The summed E-state index contributed by atoms with van der Waals surface area (Å²) in [5.74, 6) is 0.560. The normalized spacial score (nSPS) is 23.7. The number of carbonyl (C=O) groups excluding carboxylic acids is 2. The van der Waals surface area contributed by atoms with Crippen LogP contribution in [0.25, 0.3) is 0 Å². The second-order valence-electron chi connectivity index (χ2n) is 8.51. The number of hydrogen-bond acceptors (Lipinski definition) is 3. The summed E-state index contributed by atoms with van der Waals surface area (Å²) in [6.07, 6.45) is 3.88. The van der Waals surface area contributed by atoms with Crippen LogP contribution in [-0.4, -0.2) is 53.8 Å². The first-order valence-corrected chi connectivity index (χ1v) is 10.3. The van der Waals surface area contributed by atoms with E-state index in [1.807, 2.05) is 42.7 Å². The van der Waals surface area contributed by atoms with E-state index in [2.05, 4.69) is 6.07 Å². The van der Waals surface area contributed by atoms with E-state index >= 15 is 0 Å². The largest absolute Gasteiger partial charge is 0.342 e. The minimum absolute atomic E-state index is 0. The fourth-order valence-corrected chi connectivity index (χ4v) is 4.54. The predicted molar refractivity (Wildman–Crippen MR) is 115 cm³/mol. The monoisotopic (exact) mass is 407 g/mol. The molecule has 2 aliphatic rings. The third kappa shape index (κ3) is 5.26. The number of hydrogen-bond donors (Lipinski definition) is 1. The van der Waals surface area contributed by atoms with Gasteiger partial charge in [-0.25, -0.2) is 0 Å². The van der Waals surface area contributed by atoms with Crippen molar-refractivity contribution in [1.82, 2.24) is 9.80 Å². The molecule has 3 unspecified atom stereocenters. The summed E-state index contributed by atoms with van der Waals surface area (Å²) < 4.78 is 0. The highest BCUT2D eigenvalue weighted by atomic mass is 35.5. The van der Waals surface area contributed by atoms with E-state index in [9.17, 15) is 9.59 Å². The van der Waals surface area contributed by atoms with E-state index in [1.165, 1.54) is 0 Å². The number of nitrogens with two attached hydrogens (primary N) is 1. The molecule has 156 valence electrons. The molecule has 2 amide bonds. The lowest BCUT2D eigenvalue weighted by atomic mass is 9.90. The average Bonchev–Trinajstić information content (AvgIpc) is 2.66. The van der Waals surface area contributed by atoms with Crippen LogP contribution in [-0.2, 0) is 4.79 Å². The third-order valence-electron chi connectivity index (χ3n) is 6.04. The molecule has 2 fully saturated rings. The lowest BCUT2D eigenvalue weighted by molar-refractivity contribution is -0.138. The van der Waals surface area contributed by atoms with Crippen molar-refractivity contribution in [2.24, 2.45) is 17.6 Å². The summed E-state index contributed by atoms with van der Waals surface area (Å²) >= 11 is 0. The molecule has 0 aromatic heterocycles. The molecule has 0 bridgehead atoms. The predicted octanol–water partition coefficient (Wildman–Crippen LogP) is 3.16. The molecular weight excluding hydrogens is 374 g/mol. The zero-order valence-corrected chi connectivity index (χ0v) is 18.1. The molecular formula is C22H34ClN3O2. The summed E-state index contributed by atoms with van der Waals surface area (Å²) in [6, 6.07) is 6.08. The van der Waals surface area contributed by atoms with Crippen LogP contribution >= 0.6 is 12.4 Å². The molecule has 0 aliphatic carbocycles. The molecule has 2 saturated heterocycles. The van der Waals surface area contributed by atoms with Gasteiger partial charge in [-0.3, -0.25) is 9.59 Å². The van der Waals surface area contributed by atoms with Crippen molar-refractivity contribution in [1.29, 1.82) is 0 Å². The zero-order chi connectivity index (χ0) is 19.6. The van der Waals surface area contributed by atoms with Gasteiger partial charge >= 0.3 is 0 Å². The van der Waals surface area contributed by atoms with Gasteiger partial charge < -0.3 is 15.5 Å². The zero-order valence-electron chi connectivity index (χ0n) is 17.3. The highest BCUT2D eigenvalue weighted by molar-refractivity contribution is 5.95. The van der Waals surface area contributed by atoms with Gasteiger partial charge in [-0.15, -0.1) is 12.4 Å². The minimum atomic E-state index is -0.0829. The van der Waals surface area contributed by atoms with Crippen molar-refractivity contribution < 1.29 is 9.59 Å². The number of carbonyl (C=O) groups is 2. The van der Waals surface area contributed by atoms with E-state index in [4.69, 9.17) is 5.73 Å². The second-order valence-corrected chi connectivity index (χ2v) is 8.51. The number of aryl methyl sites for hydroxylation is 2. The Morgan fingerprint density at radius 3 is 2.25 bits per heavy atom. The van der Waals surface area contributed by atoms with Crippen LogP contribution in [0.1, 0.15) is 54.1 Å². The van der Waals surface area contributed by atoms with E-state index in [-0.39, 0.29) is 36.2 Å². The van der Waals surface area contributed by atoms with Gasteiger partial charge in [0.1, 0.15) is 0 Å². The maximum absolute atomic E-state index is 13.1. The second kappa shape index (κ2) is 9.75. The van der Waals surface area contributed by atoms with Crippen molar-refractivity contribution in [3.8, 4) is 0 Å². The molecule has 28 heavy (non-hydrogen) atoms. The molecule has 3 rings (SSSR count). The molecule has 3 atom stereocenters. The smallest absolute Gasteiger partial charge is 0.253 e. The summed E-state index contributed by atoms with van der Waals surface area (Å²) in [4.78, 5) is 29.9. The quantitative estimate of drug-likeness (QED) is 0.836. The van der Waals surface area contributed by atoms with Crippen LogP contribution in [0, 0.1) is 25.7 Å². The van der Waals surface area contributed by atoms with Crippen molar-refractivity contribution >= 4 is 24.2 Å². The number of nitrogens with zero attached hydrogens (tertiary/aromatic N) is 2. The Morgan fingerprint density at radius 1 is 1.00 bits per heavy atom. The molecule has 5 nitrogen and oxygen atoms in total. The van der Waals surface area contributed by atoms with Gasteiger partial charge in [-0.05, 0) is 64.5 Å². The van der Waals surface area contributed by atoms with Crippen LogP contribution in [0.2, 0.25) is 0 Å². The van der Waals surface area contributed by atoms with E-state index < -0.39 is 0 Å². The average molecular weight is 408 g/mol. The fraction of sp³-hybridized carbons (Fsp3) is 0.636. The highest BCUT2D eigenvalue weighted by Crippen LogP contribution is 2.25. The summed E-state index contributed by atoms with van der Waals surface area (Å²) in [5.41, 5.74) is 8.99. The van der Waals surface area contributed by atoms with Crippen LogP contribution in [0.4, 0.5) is 0 Å². The Morgan fingerprint density at radius 2 is 1.61 bits per heavy atom. The van der Waals surface area contributed by atoms with Gasteiger partial charge in [0.05, 0.1) is 5.92 Å². The molecule has 0 saturated carbocycles. The van der Waals surface area contributed by atoms with Gasteiger partial charge in [-0.1, -0.05) is 17.2 Å². The number of benzene rings is 1. The first-order valence-electron chi connectivity index (χ1n) is 10.3. The van der Waals surface area contributed by atoms with Crippen molar-refractivity contribution in [2.45, 2.75) is 52.5 Å². The first-order chi connectivity index (χ1) is 12.8. The van der Waals surface area contributed by atoms with Gasteiger partial charge in [0, 0.05) is 37.8 Å². The molecule has 6 heteroatoms. The minimum Gasteiger partial charge on any atom is -0.342 e. The Bertz CT molecular complexity index is 687. The molecule has 0 spiro atoms. The van der Waals surface area contributed by atoms with Crippen LogP contribution < -0.4 is 5.73 Å². The Balaban J connectivity index is 0.00000280. The highest BCUT2D eigenvalue weighted by Gasteiger charge is 2.34. The number of halogens is 1. The summed E-state index contributed by atoms with van der Waals surface area (Å²) in [7, 11) is 0. The standard InChI is InChI=1S/C22H33N3O2.ClH/c1-15-10-16(2)12-20(11-15)22(27)25-9-5-7-19(14-25)21(26)24-8-4-6-18(13-24)17(3)23;/h10-12,17-19H,4-9,13-14,23H2,1-3H3;1H. The molecule has 0 radical (unpaired) electrons. The van der Waals surface area contributed by atoms with Gasteiger partial charge in [0.2, 0.25) is 5.91 Å². The van der Waals surface area contributed by atoms with Crippen LogP contribution in [0.5, 0.6) is 0 Å². The maximum atomic E-state index is 13.1. The molecule has 2 N–H and O–H groups in total. The van der Waals surface area contributed by atoms with E-state index in [0.29, 0.717) is 12.5 Å². The lowest BCUT2D eigenvalue weighted by Gasteiger charge is -2.39. The van der Waals surface area contributed by atoms with E-state index in [0.717, 1.165) is 62.0 Å². The van der Waals surface area contributed by atoms with Crippen molar-refractivity contribution in [2.75, 3.05) is 26.2 Å². The van der Waals surface area contributed by atoms with Gasteiger partial charge in [0.25, 0.3) is 5.91 Å². The molecule has 1 aromatic rings. The Hall–Kier alpha value is -1.59. The summed E-state index contributed by atoms with van der Waals surface area (Å²) in [5, 5.41) is 0. The van der Waals surface area contributed by atoms with Crippen LogP contribution in [0.3, 0.4) is 0 Å². The van der Waals surface area contributed by atoms with Crippen molar-refractivity contribution in [3.63, 3.8) is 0 Å². The summed E-state index contributed by atoms with van der Waals surface area (Å²) in [6.45, 7) is 8.90. The fourth-order valence-electron chi connectivity index (χ4n) is 4.54. The molecule has 2 heterocycles. The number of likely N-dealkylation sites (tertiary alicyclic amines) is 2. The van der Waals surface area contributed by atoms with Crippen molar-refractivity contribution in [3.05, 3.63) is 34.9 Å². The number of piperidine rings is 2.